The highest BCUT2D eigenvalue weighted by Crippen LogP contribution is 2.49. The number of hydrogen-bond acceptors (Lipinski definition) is 2. The maximum absolute atomic E-state index is 2.50. The zero-order valence-corrected chi connectivity index (χ0v) is 30.7. The molecule has 0 amide bonds. The molecule has 0 aliphatic carbocycles. The lowest BCUT2D eigenvalue weighted by Gasteiger charge is -2.28. The predicted molar refractivity (Wildman–Crippen MR) is 237 cm³/mol. The summed E-state index contributed by atoms with van der Waals surface area (Å²) in [6.45, 7) is 0. The van der Waals surface area contributed by atoms with Crippen LogP contribution in [-0.2, 0) is 0 Å². The van der Waals surface area contributed by atoms with E-state index in [2.05, 4.69) is 216 Å². The molecule has 2 heterocycles. The molecule has 2 nitrogen and oxygen atoms in total. The van der Waals surface area contributed by atoms with E-state index >= 15 is 0 Å². The normalized spacial score (nSPS) is 11.6. The number of para-hydroxylation sites is 2. The van der Waals surface area contributed by atoms with Gasteiger partial charge < -0.3 is 9.47 Å². The lowest BCUT2D eigenvalue weighted by Crippen LogP contribution is -2.11. The summed E-state index contributed by atoms with van der Waals surface area (Å²) >= 11 is 1.89. The van der Waals surface area contributed by atoms with Crippen LogP contribution in [0.5, 0.6) is 0 Å². The van der Waals surface area contributed by atoms with Crippen molar-refractivity contribution >= 4 is 81.1 Å². The van der Waals surface area contributed by atoms with Crippen molar-refractivity contribution in [1.82, 2.24) is 4.57 Å². The van der Waals surface area contributed by atoms with Crippen molar-refractivity contribution in [3.63, 3.8) is 0 Å². The number of benzene rings is 9. The van der Waals surface area contributed by atoms with Crippen LogP contribution in [0, 0.1) is 0 Å². The molecule has 0 unspecified atom stereocenters. The van der Waals surface area contributed by atoms with E-state index in [1.807, 2.05) is 11.3 Å². The van der Waals surface area contributed by atoms with Gasteiger partial charge in [-0.25, -0.2) is 0 Å². The highest BCUT2D eigenvalue weighted by Gasteiger charge is 2.24. The summed E-state index contributed by atoms with van der Waals surface area (Å²) in [5, 5.41) is 7.58. The molecule has 0 aliphatic rings. The summed E-state index contributed by atoms with van der Waals surface area (Å²) in [5.74, 6) is 0. The number of thiophene rings is 1. The van der Waals surface area contributed by atoms with E-state index in [1.165, 1.54) is 80.7 Å². The minimum atomic E-state index is 1.11. The zero-order chi connectivity index (χ0) is 36.3. The molecule has 55 heavy (non-hydrogen) atoms. The molecule has 0 fully saturated rings. The van der Waals surface area contributed by atoms with Crippen molar-refractivity contribution in [2.45, 2.75) is 0 Å². The van der Waals surface area contributed by atoms with Crippen LogP contribution in [0.2, 0.25) is 0 Å². The first kappa shape index (κ1) is 31.6. The maximum atomic E-state index is 2.50. The molecule has 0 spiro atoms. The van der Waals surface area contributed by atoms with Gasteiger partial charge in [0.2, 0.25) is 0 Å². The maximum Gasteiger partial charge on any atom is 0.0562 e. The quantitative estimate of drug-likeness (QED) is 0.166. The molecular formula is C52H34N2S. The van der Waals surface area contributed by atoms with Gasteiger partial charge in [-0.2, -0.15) is 0 Å². The third kappa shape index (κ3) is 5.16. The van der Waals surface area contributed by atoms with E-state index in [9.17, 15) is 0 Å². The number of nitrogens with zero attached hydrogens (tertiary/aromatic N) is 2. The van der Waals surface area contributed by atoms with Crippen molar-refractivity contribution in [1.29, 1.82) is 0 Å². The van der Waals surface area contributed by atoms with Crippen molar-refractivity contribution < 1.29 is 0 Å². The van der Waals surface area contributed by atoms with Crippen LogP contribution < -0.4 is 4.90 Å². The minimum absolute atomic E-state index is 1.11. The molecular weight excluding hydrogens is 685 g/mol. The Balaban J connectivity index is 1.17. The molecule has 0 radical (unpaired) electrons. The minimum Gasteiger partial charge on any atom is -0.309 e. The standard InChI is InChI=1S/C52H34N2S/c1-3-14-35(15-4-1)38-17-11-18-39(34-38)36-28-31-41(32-29-36)54(48-26-13-27-49-51(48)44-33-30-37-16-7-8-21-42(37)52(44)55-49)47-25-12-24-46-50(47)43-22-9-10-23-45(43)53(46)40-19-5-2-6-20-40/h1-34H. The average molecular weight is 719 g/mol. The SMILES string of the molecule is c1ccc(-c2cccc(-c3ccc(N(c4cccc5sc6c7ccccc7ccc6c45)c4cccc5c4c4ccccc4n5-c4ccccc4)cc3)c2)cc1. The fourth-order valence-electron chi connectivity index (χ4n) is 8.48. The number of aromatic nitrogens is 1. The Morgan fingerprint density at radius 3 is 1.78 bits per heavy atom. The Morgan fingerprint density at radius 2 is 0.982 bits per heavy atom. The van der Waals surface area contributed by atoms with Crippen molar-refractivity contribution in [3.8, 4) is 27.9 Å². The zero-order valence-electron chi connectivity index (χ0n) is 29.9. The summed E-state index contributed by atoms with van der Waals surface area (Å²) in [6, 6.07) is 75.1. The van der Waals surface area contributed by atoms with Gasteiger partial charge in [0.1, 0.15) is 0 Å². The Labute approximate surface area is 323 Å². The Bertz CT molecular complexity index is 3190. The Hall–Kier alpha value is -6.94. The average Bonchev–Trinajstić information content (AvgIpc) is 3.82. The molecule has 0 saturated carbocycles. The monoisotopic (exact) mass is 718 g/mol. The summed E-state index contributed by atoms with van der Waals surface area (Å²) < 4.78 is 5.01. The van der Waals surface area contributed by atoms with Crippen LogP contribution in [0.3, 0.4) is 0 Å². The lowest BCUT2D eigenvalue weighted by molar-refractivity contribution is 1.18. The smallest absolute Gasteiger partial charge is 0.0562 e. The Kier molecular flexibility index (Phi) is 7.39. The number of anilines is 3. The van der Waals surface area contributed by atoms with Gasteiger partial charge >= 0.3 is 0 Å². The van der Waals surface area contributed by atoms with Gasteiger partial charge in [0.05, 0.1) is 22.4 Å². The molecule has 0 bridgehead atoms. The summed E-state index contributed by atoms with van der Waals surface area (Å²) in [6.07, 6.45) is 0. The fourth-order valence-corrected chi connectivity index (χ4v) is 9.74. The van der Waals surface area contributed by atoms with E-state index in [0.717, 1.165) is 17.1 Å². The van der Waals surface area contributed by atoms with Crippen LogP contribution in [0.25, 0.3) is 80.7 Å². The van der Waals surface area contributed by atoms with E-state index in [0.29, 0.717) is 0 Å². The van der Waals surface area contributed by atoms with Crippen LogP contribution in [0.15, 0.2) is 206 Å². The molecule has 0 N–H and O–H groups in total. The molecule has 9 aromatic carbocycles. The third-order valence-corrected chi connectivity index (χ3v) is 12.2. The van der Waals surface area contributed by atoms with Gasteiger partial charge in [0.15, 0.2) is 0 Å². The molecule has 0 aliphatic heterocycles. The second-order valence-electron chi connectivity index (χ2n) is 14.1. The van der Waals surface area contributed by atoms with Crippen molar-refractivity contribution in [2.75, 3.05) is 4.90 Å². The van der Waals surface area contributed by atoms with Gasteiger partial charge in [-0.15, -0.1) is 11.3 Å². The molecule has 3 heteroatoms. The van der Waals surface area contributed by atoms with Gasteiger partial charge in [-0.3, -0.25) is 0 Å². The molecule has 0 atom stereocenters. The topological polar surface area (TPSA) is 8.17 Å². The second kappa shape index (κ2) is 12.9. The number of fused-ring (bicyclic) bond motifs is 8. The van der Waals surface area contributed by atoms with Gasteiger partial charge in [-0.05, 0) is 93.7 Å². The molecule has 2 aromatic heterocycles. The highest BCUT2D eigenvalue weighted by molar-refractivity contribution is 7.26. The second-order valence-corrected chi connectivity index (χ2v) is 15.2. The van der Waals surface area contributed by atoms with Crippen LogP contribution in [-0.4, -0.2) is 4.57 Å². The van der Waals surface area contributed by atoms with E-state index in [1.54, 1.807) is 0 Å². The van der Waals surface area contributed by atoms with Gasteiger partial charge in [-0.1, -0.05) is 146 Å². The van der Waals surface area contributed by atoms with Crippen LogP contribution in [0.1, 0.15) is 0 Å². The Morgan fingerprint density at radius 1 is 0.382 bits per heavy atom. The van der Waals surface area contributed by atoms with E-state index in [4.69, 9.17) is 0 Å². The first-order valence-corrected chi connectivity index (χ1v) is 19.6. The van der Waals surface area contributed by atoms with E-state index < -0.39 is 0 Å². The van der Waals surface area contributed by atoms with Gasteiger partial charge in [0, 0.05) is 42.3 Å². The lowest BCUT2D eigenvalue weighted by atomic mass is 9.98. The summed E-state index contributed by atoms with van der Waals surface area (Å²) in [4.78, 5) is 2.50. The number of hydrogen-bond donors (Lipinski definition) is 0. The molecule has 0 saturated heterocycles. The van der Waals surface area contributed by atoms with Crippen LogP contribution >= 0.6 is 11.3 Å². The van der Waals surface area contributed by atoms with E-state index in [-0.39, 0.29) is 0 Å². The molecule has 11 rings (SSSR count). The molecule has 11 aromatic rings. The highest BCUT2D eigenvalue weighted by atomic mass is 32.1. The van der Waals surface area contributed by atoms with Crippen LogP contribution in [0.4, 0.5) is 17.1 Å². The molecule has 258 valence electrons. The first-order chi connectivity index (χ1) is 27.3. The summed E-state index contributed by atoms with van der Waals surface area (Å²) in [7, 11) is 0. The summed E-state index contributed by atoms with van der Waals surface area (Å²) in [5.41, 5.74) is 11.8. The largest absolute Gasteiger partial charge is 0.309 e. The first-order valence-electron chi connectivity index (χ1n) is 18.8. The van der Waals surface area contributed by atoms with Gasteiger partial charge in [0.25, 0.3) is 0 Å². The van der Waals surface area contributed by atoms with Crippen molar-refractivity contribution in [2.24, 2.45) is 0 Å². The number of rotatable bonds is 6. The van der Waals surface area contributed by atoms with Crippen molar-refractivity contribution in [3.05, 3.63) is 206 Å². The fraction of sp³-hybridized carbons (Fsp3) is 0. The predicted octanol–water partition coefficient (Wildman–Crippen LogP) is 15.1. The third-order valence-electron chi connectivity index (χ3n) is 11.0.